The summed E-state index contributed by atoms with van der Waals surface area (Å²) in [5.74, 6) is 0.440. The van der Waals surface area contributed by atoms with Gasteiger partial charge in [-0.15, -0.1) is 0 Å². The number of rotatable bonds is 5. The van der Waals surface area contributed by atoms with Crippen LogP contribution in [0.3, 0.4) is 0 Å². The molecule has 0 saturated carbocycles. The SMILES string of the molecule is COc1cccc(NC(=O)N(S)c2ccc(OC(=O)c3ccco3)cc2)c1. The zero-order valence-corrected chi connectivity index (χ0v) is 15.2. The molecule has 1 aromatic heterocycles. The molecule has 0 atom stereocenters. The Labute approximate surface area is 161 Å². The van der Waals surface area contributed by atoms with Crippen LogP contribution in [-0.4, -0.2) is 19.1 Å². The van der Waals surface area contributed by atoms with Crippen LogP contribution < -0.4 is 19.1 Å². The number of urea groups is 1. The Kier molecular flexibility index (Phi) is 5.68. The van der Waals surface area contributed by atoms with Gasteiger partial charge >= 0.3 is 12.0 Å². The van der Waals surface area contributed by atoms with E-state index in [0.717, 1.165) is 4.31 Å². The molecular weight excluding hydrogens is 368 g/mol. The van der Waals surface area contributed by atoms with Gasteiger partial charge in [-0.3, -0.25) is 0 Å². The molecule has 1 heterocycles. The van der Waals surface area contributed by atoms with E-state index < -0.39 is 12.0 Å². The molecular formula is C19H16N2O5S. The number of nitrogens with zero attached hydrogens (tertiary/aromatic N) is 1. The first-order chi connectivity index (χ1) is 13.1. The predicted molar refractivity (Wildman–Crippen MR) is 104 cm³/mol. The molecule has 0 aliphatic rings. The molecule has 3 aromatic rings. The maximum absolute atomic E-state index is 12.3. The van der Waals surface area contributed by atoms with Crippen LogP contribution in [0.2, 0.25) is 0 Å². The third-order valence-corrected chi connectivity index (χ3v) is 3.94. The summed E-state index contributed by atoms with van der Waals surface area (Å²) in [6, 6.07) is 15.9. The summed E-state index contributed by atoms with van der Waals surface area (Å²) in [5, 5.41) is 2.71. The highest BCUT2D eigenvalue weighted by molar-refractivity contribution is 7.82. The predicted octanol–water partition coefficient (Wildman–Crippen LogP) is 4.39. The van der Waals surface area contributed by atoms with Crippen LogP contribution in [-0.2, 0) is 0 Å². The van der Waals surface area contributed by atoms with E-state index in [1.807, 2.05) is 0 Å². The first-order valence-corrected chi connectivity index (χ1v) is 8.26. The maximum atomic E-state index is 12.3. The van der Waals surface area contributed by atoms with Gasteiger partial charge in [0, 0.05) is 11.8 Å². The van der Waals surface area contributed by atoms with Gasteiger partial charge in [0.15, 0.2) is 0 Å². The third kappa shape index (κ3) is 4.62. The van der Waals surface area contributed by atoms with E-state index in [-0.39, 0.29) is 5.76 Å². The zero-order valence-electron chi connectivity index (χ0n) is 14.3. The molecule has 2 aromatic carbocycles. The van der Waals surface area contributed by atoms with Crippen molar-refractivity contribution in [2.45, 2.75) is 0 Å². The number of methoxy groups -OCH3 is 1. The van der Waals surface area contributed by atoms with Gasteiger partial charge in [0.2, 0.25) is 5.76 Å². The normalized spacial score (nSPS) is 10.1. The van der Waals surface area contributed by atoms with Gasteiger partial charge in [-0.1, -0.05) is 18.9 Å². The molecule has 27 heavy (non-hydrogen) atoms. The topological polar surface area (TPSA) is 81.0 Å². The van der Waals surface area contributed by atoms with Gasteiger partial charge in [0.25, 0.3) is 0 Å². The van der Waals surface area contributed by atoms with Gasteiger partial charge in [-0.2, -0.15) is 0 Å². The molecule has 138 valence electrons. The lowest BCUT2D eigenvalue weighted by atomic mass is 10.3. The standard InChI is InChI=1S/C19H16N2O5S/c1-24-16-5-2-4-13(12-16)20-19(23)21(27)14-7-9-15(10-8-14)26-18(22)17-6-3-11-25-17/h2-12,27H,1H3,(H,20,23). The van der Waals surface area contributed by atoms with Crippen molar-refractivity contribution in [3.8, 4) is 11.5 Å². The van der Waals surface area contributed by atoms with Crippen molar-refractivity contribution in [3.05, 3.63) is 72.7 Å². The smallest absolute Gasteiger partial charge is 0.379 e. The summed E-state index contributed by atoms with van der Waals surface area (Å²) in [7, 11) is 1.55. The van der Waals surface area contributed by atoms with E-state index in [1.165, 1.54) is 12.3 Å². The number of amides is 2. The quantitative estimate of drug-likeness (QED) is 0.387. The first-order valence-electron chi connectivity index (χ1n) is 7.86. The molecule has 0 bridgehead atoms. The van der Waals surface area contributed by atoms with Crippen molar-refractivity contribution in [3.63, 3.8) is 0 Å². The van der Waals surface area contributed by atoms with Crippen molar-refractivity contribution >= 4 is 36.2 Å². The van der Waals surface area contributed by atoms with Gasteiger partial charge in [0.1, 0.15) is 11.5 Å². The molecule has 7 nitrogen and oxygen atoms in total. The van der Waals surface area contributed by atoms with Gasteiger partial charge in [-0.25, -0.2) is 13.9 Å². The fourth-order valence-corrected chi connectivity index (χ4v) is 2.39. The van der Waals surface area contributed by atoms with E-state index in [0.29, 0.717) is 22.9 Å². The number of ether oxygens (including phenoxy) is 2. The Hall–Kier alpha value is -3.39. The van der Waals surface area contributed by atoms with Crippen molar-refractivity contribution in [1.29, 1.82) is 0 Å². The lowest BCUT2D eigenvalue weighted by Crippen LogP contribution is -2.26. The molecule has 8 heteroatoms. The minimum Gasteiger partial charge on any atom is -0.497 e. The summed E-state index contributed by atoms with van der Waals surface area (Å²) < 4.78 is 16.4. The number of esters is 1. The number of carbonyl (C=O) groups excluding carboxylic acids is 2. The summed E-state index contributed by atoms with van der Waals surface area (Å²) in [5.41, 5.74) is 1.07. The lowest BCUT2D eigenvalue weighted by Gasteiger charge is -2.17. The molecule has 3 rings (SSSR count). The van der Waals surface area contributed by atoms with Crippen LogP contribution in [0, 0.1) is 0 Å². The van der Waals surface area contributed by atoms with Crippen LogP contribution in [0.25, 0.3) is 0 Å². The van der Waals surface area contributed by atoms with Crippen LogP contribution in [0.15, 0.2) is 71.3 Å². The summed E-state index contributed by atoms with van der Waals surface area (Å²) >= 11 is 4.21. The number of carbonyl (C=O) groups is 2. The van der Waals surface area contributed by atoms with E-state index in [9.17, 15) is 9.59 Å². The summed E-state index contributed by atoms with van der Waals surface area (Å²) in [6.07, 6.45) is 1.39. The number of hydrogen-bond acceptors (Lipinski definition) is 6. The first kappa shape index (κ1) is 18.4. The monoisotopic (exact) mass is 384 g/mol. The highest BCUT2D eigenvalue weighted by Gasteiger charge is 2.14. The van der Waals surface area contributed by atoms with Crippen LogP contribution in [0.4, 0.5) is 16.2 Å². The minimum atomic E-state index is -0.605. The highest BCUT2D eigenvalue weighted by atomic mass is 32.1. The summed E-state index contributed by atoms with van der Waals surface area (Å²) in [4.78, 5) is 24.2. The lowest BCUT2D eigenvalue weighted by molar-refractivity contribution is 0.0701. The fraction of sp³-hybridized carbons (Fsp3) is 0.0526. The van der Waals surface area contributed by atoms with E-state index >= 15 is 0 Å². The molecule has 0 saturated heterocycles. The van der Waals surface area contributed by atoms with E-state index in [4.69, 9.17) is 13.9 Å². The second-order valence-corrected chi connectivity index (χ2v) is 5.73. The molecule has 0 unspecified atom stereocenters. The van der Waals surface area contributed by atoms with Crippen LogP contribution in [0.5, 0.6) is 11.5 Å². The number of hydrogen-bond donors (Lipinski definition) is 2. The third-order valence-electron chi connectivity index (χ3n) is 3.53. The molecule has 2 amide bonds. The van der Waals surface area contributed by atoms with Crippen molar-refractivity contribution < 1.29 is 23.5 Å². The number of nitrogens with one attached hydrogen (secondary N) is 1. The molecule has 1 N–H and O–H groups in total. The van der Waals surface area contributed by atoms with E-state index in [1.54, 1.807) is 61.7 Å². The average Bonchev–Trinajstić information content (AvgIpc) is 3.23. The summed E-state index contributed by atoms with van der Waals surface area (Å²) in [6.45, 7) is 0. The molecule has 0 aliphatic heterocycles. The van der Waals surface area contributed by atoms with Crippen LogP contribution >= 0.6 is 12.8 Å². The minimum absolute atomic E-state index is 0.104. The Morgan fingerprint density at radius 3 is 2.48 bits per heavy atom. The number of anilines is 2. The molecule has 0 fully saturated rings. The van der Waals surface area contributed by atoms with Gasteiger partial charge < -0.3 is 19.2 Å². The second-order valence-electron chi connectivity index (χ2n) is 5.33. The maximum Gasteiger partial charge on any atom is 0.379 e. The van der Waals surface area contributed by atoms with Crippen molar-refractivity contribution in [1.82, 2.24) is 0 Å². The van der Waals surface area contributed by atoms with Crippen molar-refractivity contribution in [2.75, 3.05) is 16.7 Å². The van der Waals surface area contributed by atoms with Gasteiger partial charge in [0.05, 0.1) is 19.1 Å². The van der Waals surface area contributed by atoms with Crippen LogP contribution in [0.1, 0.15) is 10.6 Å². The zero-order chi connectivity index (χ0) is 19.2. The number of benzene rings is 2. The average molecular weight is 384 g/mol. The Morgan fingerprint density at radius 1 is 1.04 bits per heavy atom. The molecule has 0 spiro atoms. The largest absolute Gasteiger partial charge is 0.497 e. The number of thiol groups is 1. The van der Waals surface area contributed by atoms with Gasteiger partial charge in [-0.05, 0) is 48.5 Å². The Morgan fingerprint density at radius 2 is 1.81 bits per heavy atom. The fourth-order valence-electron chi connectivity index (χ4n) is 2.20. The number of furan rings is 1. The van der Waals surface area contributed by atoms with E-state index in [2.05, 4.69) is 18.1 Å². The molecule has 0 radical (unpaired) electrons. The molecule has 0 aliphatic carbocycles. The van der Waals surface area contributed by atoms with Crippen molar-refractivity contribution in [2.24, 2.45) is 0 Å². The highest BCUT2D eigenvalue weighted by Crippen LogP contribution is 2.23. The Bertz CT molecular complexity index is 926. The second kappa shape index (κ2) is 8.33. The Balaban J connectivity index is 1.63.